The van der Waals surface area contributed by atoms with Crippen LogP contribution in [0.5, 0.6) is 0 Å². The zero-order valence-electron chi connectivity index (χ0n) is 14.3. The van der Waals surface area contributed by atoms with E-state index in [-0.39, 0.29) is 17.7 Å². The van der Waals surface area contributed by atoms with Gasteiger partial charge in [-0.2, -0.15) is 0 Å². The summed E-state index contributed by atoms with van der Waals surface area (Å²) in [5, 5.41) is 0.815. The summed E-state index contributed by atoms with van der Waals surface area (Å²) in [7, 11) is 0. The lowest BCUT2D eigenvalue weighted by molar-refractivity contribution is 0.0914. The van der Waals surface area contributed by atoms with Gasteiger partial charge in [0.25, 0.3) is 0 Å². The third kappa shape index (κ3) is 3.43. The fraction of sp³-hybridized carbons (Fsp3) is 0.333. The van der Waals surface area contributed by atoms with Crippen LogP contribution in [0.2, 0.25) is 0 Å². The number of thiazole rings is 1. The van der Waals surface area contributed by atoms with Gasteiger partial charge in [0, 0.05) is 29.7 Å². The van der Waals surface area contributed by atoms with Crippen LogP contribution in [0.4, 0.5) is 0 Å². The molecule has 3 heterocycles. The first-order chi connectivity index (χ1) is 11.3. The largest absolute Gasteiger partial charge is 0.276 e. The minimum Gasteiger partial charge on any atom is -0.276 e. The Morgan fingerprint density at radius 1 is 1.29 bits per heavy atom. The monoisotopic (exact) mass is 340 g/mol. The van der Waals surface area contributed by atoms with Crippen molar-refractivity contribution >= 4 is 17.2 Å². The molecule has 0 N–H and O–H groups in total. The van der Waals surface area contributed by atoms with Gasteiger partial charge < -0.3 is 0 Å². The molecule has 5 nitrogen and oxygen atoms in total. The van der Waals surface area contributed by atoms with Gasteiger partial charge in [0.2, 0.25) is 5.91 Å². The molecule has 6 heteroatoms. The third-order valence-corrected chi connectivity index (χ3v) is 4.93. The fourth-order valence-electron chi connectivity index (χ4n) is 2.40. The van der Waals surface area contributed by atoms with Gasteiger partial charge in [-0.25, -0.2) is 9.97 Å². The lowest BCUT2D eigenvalue weighted by Gasteiger charge is -2.18. The van der Waals surface area contributed by atoms with Crippen molar-refractivity contribution in [2.45, 2.75) is 39.5 Å². The van der Waals surface area contributed by atoms with E-state index in [1.807, 2.05) is 19.2 Å². The van der Waals surface area contributed by atoms with Gasteiger partial charge in [-0.15, -0.1) is 11.3 Å². The van der Waals surface area contributed by atoms with Crippen molar-refractivity contribution < 1.29 is 4.79 Å². The first-order valence-corrected chi connectivity index (χ1v) is 8.60. The molecule has 0 atom stereocenters. The number of carbonyl (C=O) groups excluding carboxylic acids is 1. The van der Waals surface area contributed by atoms with E-state index < -0.39 is 0 Å². The molecule has 0 spiro atoms. The summed E-state index contributed by atoms with van der Waals surface area (Å²) < 4.78 is 1.49. The number of aromatic nitrogens is 4. The average molecular weight is 340 g/mol. The summed E-state index contributed by atoms with van der Waals surface area (Å²) in [6, 6.07) is 4.11. The highest BCUT2D eigenvalue weighted by Crippen LogP contribution is 2.32. The van der Waals surface area contributed by atoms with E-state index in [1.165, 1.54) is 10.9 Å². The summed E-state index contributed by atoms with van der Waals surface area (Å²) in [5.41, 5.74) is 3.09. The van der Waals surface area contributed by atoms with Crippen molar-refractivity contribution in [3.63, 3.8) is 0 Å². The molecule has 0 radical (unpaired) electrons. The molecule has 0 aliphatic rings. The summed E-state index contributed by atoms with van der Waals surface area (Å²) >= 11 is 1.56. The van der Waals surface area contributed by atoms with Gasteiger partial charge in [0.05, 0.1) is 17.0 Å². The van der Waals surface area contributed by atoms with Gasteiger partial charge in [-0.1, -0.05) is 20.8 Å². The highest BCUT2D eigenvalue weighted by atomic mass is 32.1. The quantitative estimate of drug-likeness (QED) is 0.726. The molecule has 0 amide bonds. The lowest BCUT2D eigenvalue weighted by atomic mass is 9.90. The lowest BCUT2D eigenvalue weighted by Crippen LogP contribution is -2.13. The van der Waals surface area contributed by atoms with Crippen LogP contribution in [0, 0.1) is 6.92 Å². The minimum absolute atomic E-state index is 0.00514. The number of hydrogen-bond donors (Lipinski definition) is 0. The molecular formula is C18H20N4OS. The zero-order valence-corrected chi connectivity index (χ0v) is 15.1. The van der Waals surface area contributed by atoms with Crippen LogP contribution in [0.25, 0.3) is 10.4 Å². The van der Waals surface area contributed by atoms with Crippen LogP contribution in [-0.4, -0.2) is 25.4 Å². The van der Waals surface area contributed by atoms with Gasteiger partial charge in [-0.3, -0.25) is 14.3 Å². The first kappa shape index (κ1) is 16.5. The number of aryl methyl sites for hydroxylation is 1. The molecule has 0 unspecified atom stereocenters. The highest BCUT2D eigenvalue weighted by molar-refractivity contribution is 7.15. The third-order valence-electron chi connectivity index (χ3n) is 3.73. The molecule has 0 aliphatic heterocycles. The maximum Gasteiger partial charge on any atom is 0.238 e. The van der Waals surface area contributed by atoms with E-state index in [4.69, 9.17) is 0 Å². The van der Waals surface area contributed by atoms with Crippen LogP contribution < -0.4 is 0 Å². The molecule has 3 aromatic heterocycles. The van der Waals surface area contributed by atoms with E-state index in [9.17, 15) is 4.79 Å². The Balaban J connectivity index is 1.88. The summed E-state index contributed by atoms with van der Waals surface area (Å²) in [6.45, 7) is 8.42. The van der Waals surface area contributed by atoms with Gasteiger partial charge in [0.15, 0.2) is 0 Å². The second-order valence-corrected chi connectivity index (χ2v) is 7.83. The van der Waals surface area contributed by atoms with Crippen molar-refractivity contribution in [3.05, 3.63) is 53.4 Å². The normalized spacial score (nSPS) is 11.7. The minimum atomic E-state index is -0.0297. The van der Waals surface area contributed by atoms with Crippen LogP contribution in [-0.2, 0) is 11.8 Å². The van der Waals surface area contributed by atoms with Crippen LogP contribution in [0.3, 0.4) is 0 Å². The number of carbonyl (C=O) groups is 1. The molecule has 0 bridgehead atoms. The maximum absolute atomic E-state index is 12.2. The number of nitrogens with zero attached hydrogens (tertiary/aromatic N) is 4. The van der Waals surface area contributed by atoms with E-state index in [1.54, 1.807) is 23.7 Å². The van der Waals surface area contributed by atoms with Gasteiger partial charge >= 0.3 is 0 Å². The average Bonchev–Trinajstić information content (AvgIpc) is 3.16. The van der Waals surface area contributed by atoms with Crippen molar-refractivity contribution in [2.75, 3.05) is 0 Å². The standard InChI is InChI=1S/C18H20N4OS/c1-12-17(13-5-6-20-14(9-13)18(2,3)4)24-15(21-12)10-16(23)22-8-7-19-11-22/h5-9,11H,10H2,1-4H3. The van der Waals surface area contributed by atoms with E-state index in [2.05, 4.69) is 41.8 Å². The number of rotatable bonds is 3. The van der Waals surface area contributed by atoms with Gasteiger partial charge in [0.1, 0.15) is 11.3 Å². The van der Waals surface area contributed by atoms with Crippen molar-refractivity contribution in [1.29, 1.82) is 0 Å². The van der Waals surface area contributed by atoms with Crippen molar-refractivity contribution in [2.24, 2.45) is 0 Å². The molecule has 0 saturated heterocycles. The number of imidazole rings is 1. The Morgan fingerprint density at radius 3 is 2.75 bits per heavy atom. The Bertz CT molecular complexity index is 860. The van der Waals surface area contributed by atoms with Crippen molar-refractivity contribution in [1.82, 2.24) is 19.5 Å². The predicted octanol–water partition coefficient (Wildman–Crippen LogP) is 3.89. The first-order valence-electron chi connectivity index (χ1n) is 7.79. The molecule has 3 rings (SSSR count). The summed E-state index contributed by atoms with van der Waals surface area (Å²) in [4.78, 5) is 26.2. The summed E-state index contributed by atoms with van der Waals surface area (Å²) in [5.74, 6) is -0.0297. The topological polar surface area (TPSA) is 60.7 Å². The second-order valence-electron chi connectivity index (χ2n) is 6.74. The van der Waals surface area contributed by atoms with E-state index in [0.717, 1.165) is 26.8 Å². The molecular weight excluding hydrogens is 320 g/mol. The molecule has 24 heavy (non-hydrogen) atoms. The molecule has 124 valence electrons. The SMILES string of the molecule is Cc1nc(CC(=O)n2ccnc2)sc1-c1ccnc(C(C)(C)C)c1. The summed E-state index contributed by atoms with van der Waals surface area (Å²) in [6.07, 6.45) is 6.89. The van der Waals surface area contributed by atoms with E-state index >= 15 is 0 Å². The second kappa shape index (κ2) is 6.28. The fourth-order valence-corrected chi connectivity index (χ4v) is 3.46. The number of pyridine rings is 1. The molecule has 0 aliphatic carbocycles. The van der Waals surface area contributed by atoms with Gasteiger partial charge in [-0.05, 0) is 24.6 Å². The zero-order chi connectivity index (χ0) is 17.3. The van der Waals surface area contributed by atoms with Crippen LogP contribution in [0.15, 0.2) is 37.1 Å². The number of hydrogen-bond acceptors (Lipinski definition) is 5. The van der Waals surface area contributed by atoms with E-state index in [0.29, 0.717) is 0 Å². The van der Waals surface area contributed by atoms with Crippen molar-refractivity contribution in [3.8, 4) is 10.4 Å². The smallest absolute Gasteiger partial charge is 0.238 e. The maximum atomic E-state index is 12.2. The Labute approximate surface area is 145 Å². The molecule has 0 saturated carbocycles. The van der Waals surface area contributed by atoms with Crippen LogP contribution in [0.1, 0.15) is 42.0 Å². The predicted molar refractivity (Wildman–Crippen MR) is 95.3 cm³/mol. The Morgan fingerprint density at radius 2 is 2.08 bits per heavy atom. The Kier molecular flexibility index (Phi) is 4.32. The van der Waals surface area contributed by atoms with Crippen LogP contribution >= 0.6 is 11.3 Å². The molecule has 3 aromatic rings. The highest BCUT2D eigenvalue weighted by Gasteiger charge is 2.18. The Hall–Kier alpha value is -2.34. The molecule has 0 aromatic carbocycles. The molecule has 0 fully saturated rings.